The molecule has 29 heavy (non-hydrogen) atoms. The highest BCUT2D eigenvalue weighted by Crippen LogP contribution is 2.24. The normalized spacial score (nSPS) is 10.3. The van der Waals surface area contributed by atoms with Crippen LogP contribution in [0.2, 0.25) is 0 Å². The van der Waals surface area contributed by atoms with E-state index in [1.54, 1.807) is 18.3 Å². The number of benzene rings is 2. The van der Waals surface area contributed by atoms with Gasteiger partial charge in [0.1, 0.15) is 23.1 Å². The predicted octanol–water partition coefficient (Wildman–Crippen LogP) is 3.94. The summed E-state index contributed by atoms with van der Waals surface area (Å²) in [6.07, 6.45) is 1.75. The Morgan fingerprint density at radius 2 is 1.55 bits per heavy atom. The molecule has 3 rings (SSSR count). The standard InChI is InChI=1S/C23H25N3O3/c1-17-4-7-20(8-5-17)29-21-11-9-19(10-12-21)28-16-23(27)25-15-18-6-13-22(24-14-18)26(2)3/h4-14H,15-16H2,1-3H3,(H,25,27). The highest BCUT2D eigenvalue weighted by atomic mass is 16.5. The molecule has 0 radical (unpaired) electrons. The number of nitrogens with zero attached hydrogens (tertiary/aromatic N) is 2. The number of rotatable bonds is 8. The van der Waals surface area contributed by atoms with Crippen molar-refractivity contribution < 1.29 is 14.3 Å². The highest BCUT2D eigenvalue weighted by Gasteiger charge is 2.05. The molecule has 0 aliphatic carbocycles. The number of carbonyl (C=O) groups excluding carboxylic acids is 1. The molecule has 0 atom stereocenters. The Labute approximate surface area is 171 Å². The van der Waals surface area contributed by atoms with Crippen LogP contribution in [0.3, 0.4) is 0 Å². The number of amides is 1. The number of pyridine rings is 1. The summed E-state index contributed by atoms with van der Waals surface area (Å²) in [5.74, 6) is 2.77. The minimum absolute atomic E-state index is 0.0542. The largest absolute Gasteiger partial charge is 0.484 e. The van der Waals surface area contributed by atoms with Crippen molar-refractivity contribution in [3.05, 3.63) is 78.0 Å². The molecule has 1 N–H and O–H groups in total. The van der Waals surface area contributed by atoms with Crippen LogP contribution in [-0.2, 0) is 11.3 Å². The zero-order valence-corrected chi connectivity index (χ0v) is 16.9. The van der Waals surface area contributed by atoms with Crippen LogP contribution in [0, 0.1) is 6.92 Å². The summed E-state index contributed by atoms with van der Waals surface area (Å²) < 4.78 is 11.3. The van der Waals surface area contributed by atoms with Crippen molar-refractivity contribution in [2.24, 2.45) is 0 Å². The van der Waals surface area contributed by atoms with Gasteiger partial charge in [-0.1, -0.05) is 23.8 Å². The van der Waals surface area contributed by atoms with Crippen LogP contribution in [0.5, 0.6) is 17.2 Å². The first-order valence-electron chi connectivity index (χ1n) is 9.36. The lowest BCUT2D eigenvalue weighted by atomic mass is 10.2. The van der Waals surface area contributed by atoms with Gasteiger partial charge < -0.3 is 19.7 Å². The third-order valence-corrected chi connectivity index (χ3v) is 4.21. The minimum atomic E-state index is -0.193. The zero-order chi connectivity index (χ0) is 20.6. The van der Waals surface area contributed by atoms with Gasteiger partial charge in [-0.3, -0.25) is 4.79 Å². The Balaban J connectivity index is 1.43. The van der Waals surface area contributed by atoms with E-state index in [9.17, 15) is 4.79 Å². The van der Waals surface area contributed by atoms with Crippen molar-refractivity contribution in [2.45, 2.75) is 13.5 Å². The van der Waals surface area contributed by atoms with Crippen LogP contribution in [0.15, 0.2) is 66.9 Å². The molecular formula is C23H25N3O3. The van der Waals surface area contributed by atoms with Gasteiger partial charge in [-0.25, -0.2) is 4.98 Å². The lowest BCUT2D eigenvalue weighted by Crippen LogP contribution is -2.28. The van der Waals surface area contributed by atoms with E-state index >= 15 is 0 Å². The SMILES string of the molecule is Cc1ccc(Oc2ccc(OCC(=O)NCc3ccc(N(C)C)nc3)cc2)cc1. The number of carbonyl (C=O) groups is 1. The molecule has 1 aromatic heterocycles. The Morgan fingerprint density at radius 1 is 0.931 bits per heavy atom. The monoisotopic (exact) mass is 391 g/mol. The fourth-order valence-electron chi connectivity index (χ4n) is 2.53. The fraction of sp³-hybridized carbons (Fsp3) is 0.217. The molecule has 6 nitrogen and oxygen atoms in total. The van der Waals surface area contributed by atoms with Gasteiger partial charge in [0.05, 0.1) is 0 Å². The summed E-state index contributed by atoms with van der Waals surface area (Å²) in [4.78, 5) is 18.3. The number of anilines is 1. The molecule has 0 spiro atoms. The van der Waals surface area contributed by atoms with Gasteiger partial charge in [-0.15, -0.1) is 0 Å². The zero-order valence-electron chi connectivity index (χ0n) is 16.9. The highest BCUT2D eigenvalue weighted by molar-refractivity contribution is 5.77. The van der Waals surface area contributed by atoms with E-state index < -0.39 is 0 Å². The molecule has 150 valence electrons. The second-order valence-electron chi connectivity index (χ2n) is 6.87. The first-order valence-corrected chi connectivity index (χ1v) is 9.36. The van der Waals surface area contributed by atoms with Crippen molar-refractivity contribution in [2.75, 3.05) is 25.6 Å². The van der Waals surface area contributed by atoms with Gasteiger partial charge >= 0.3 is 0 Å². The first kappa shape index (κ1) is 20.2. The molecule has 3 aromatic rings. The number of aromatic nitrogens is 1. The summed E-state index contributed by atoms with van der Waals surface area (Å²) in [6.45, 7) is 2.39. The van der Waals surface area contributed by atoms with Gasteiger partial charge in [-0.2, -0.15) is 0 Å². The molecule has 0 saturated carbocycles. The average Bonchev–Trinajstić information content (AvgIpc) is 2.73. The quantitative estimate of drug-likeness (QED) is 0.630. The Morgan fingerprint density at radius 3 is 2.14 bits per heavy atom. The number of aryl methyl sites for hydroxylation is 1. The molecular weight excluding hydrogens is 366 g/mol. The lowest BCUT2D eigenvalue weighted by molar-refractivity contribution is -0.123. The summed E-state index contributed by atoms with van der Waals surface area (Å²) in [7, 11) is 3.87. The van der Waals surface area contributed by atoms with Crippen LogP contribution in [0.1, 0.15) is 11.1 Å². The van der Waals surface area contributed by atoms with Gasteiger partial charge in [0.25, 0.3) is 5.91 Å². The molecule has 1 amide bonds. The van der Waals surface area contributed by atoms with Crippen LogP contribution >= 0.6 is 0 Å². The maximum atomic E-state index is 12.0. The van der Waals surface area contributed by atoms with Gasteiger partial charge in [0.2, 0.25) is 0 Å². The third kappa shape index (κ3) is 6.24. The molecule has 1 heterocycles. The van der Waals surface area contributed by atoms with Crippen molar-refractivity contribution in [3.63, 3.8) is 0 Å². The molecule has 0 aliphatic heterocycles. The summed E-state index contributed by atoms with van der Waals surface area (Å²) in [6, 6.07) is 18.9. The summed E-state index contributed by atoms with van der Waals surface area (Å²) in [5.41, 5.74) is 2.11. The van der Waals surface area contributed by atoms with Crippen LogP contribution in [-0.4, -0.2) is 31.6 Å². The van der Waals surface area contributed by atoms with Crippen molar-refractivity contribution in [1.29, 1.82) is 0 Å². The maximum absolute atomic E-state index is 12.0. The van der Waals surface area contributed by atoms with E-state index in [0.717, 1.165) is 17.1 Å². The van der Waals surface area contributed by atoms with E-state index in [-0.39, 0.29) is 12.5 Å². The molecule has 0 aliphatic rings. The van der Waals surface area contributed by atoms with Gasteiger partial charge in [0, 0.05) is 26.8 Å². The smallest absolute Gasteiger partial charge is 0.258 e. The van der Waals surface area contributed by atoms with E-state index in [0.29, 0.717) is 18.0 Å². The number of hydrogen-bond acceptors (Lipinski definition) is 5. The fourth-order valence-corrected chi connectivity index (χ4v) is 2.53. The van der Waals surface area contributed by atoms with Crippen LogP contribution in [0.25, 0.3) is 0 Å². The topological polar surface area (TPSA) is 63.7 Å². The van der Waals surface area contributed by atoms with E-state index in [1.165, 1.54) is 5.56 Å². The minimum Gasteiger partial charge on any atom is -0.484 e. The lowest BCUT2D eigenvalue weighted by Gasteiger charge is -2.12. The first-order chi connectivity index (χ1) is 14.0. The second kappa shape index (κ2) is 9.59. The molecule has 0 bridgehead atoms. The predicted molar refractivity (Wildman–Crippen MR) is 114 cm³/mol. The van der Waals surface area contributed by atoms with Gasteiger partial charge in [-0.05, 0) is 55.0 Å². The summed E-state index contributed by atoms with van der Waals surface area (Å²) >= 11 is 0. The van der Waals surface area contributed by atoms with Crippen LogP contribution < -0.4 is 19.7 Å². The maximum Gasteiger partial charge on any atom is 0.258 e. The molecule has 0 saturated heterocycles. The average molecular weight is 391 g/mol. The summed E-state index contributed by atoms with van der Waals surface area (Å²) in [5, 5.41) is 2.82. The Hall–Kier alpha value is -3.54. The number of ether oxygens (including phenoxy) is 2. The number of nitrogens with one attached hydrogen (secondary N) is 1. The van der Waals surface area contributed by atoms with E-state index in [4.69, 9.17) is 9.47 Å². The molecule has 0 unspecified atom stereocenters. The Bertz CT molecular complexity index is 921. The third-order valence-electron chi connectivity index (χ3n) is 4.21. The van der Waals surface area contributed by atoms with E-state index in [1.807, 2.05) is 74.4 Å². The van der Waals surface area contributed by atoms with E-state index in [2.05, 4.69) is 10.3 Å². The van der Waals surface area contributed by atoms with Crippen molar-refractivity contribution in [1.82, 2.24) is 10.3 Å². The second-order valence-corrected chi connectivity index (χ2v) is 6.87. The molecule has 6 heteroatoms. The Kier molecular flexibility index (Phi) is 6.68. The van der Waals surface area contributed by atoms with Gasteiger partial charge in [0.15, 0.2) is 6.61 Å². The van der Waals surface area contributed by atoms with Crippen molar-refractivity contribution in [3.8, 4) is 17.2 Å². The van der Waals surface area contributed by atoms with Crippen molar-refractivity contribution >= 4 is 11.7 Å². The molecule has 0 fully saturated rings. The van der Waals surface area contributed by atoms with Crippen LogP contribution in [0.4, 0.5) is 5.82 Å². The molecule has 2 aromatic carbocycles. The number of hydrogen-bond donors (Lipinski definition) is 1.